The van der Waals surface area contributed by atoms with Gasteiger partial charge in [-0.15, -0.1) is 0 Å². The van der Waals surface area contributed by atoms with E-state index in [-0.39, 0.29) is 0 Å². The highest BCUT2D eigenvalue weighted by Crippen LogP contribution is 2.25. The first-order valence-corrected chi connectivity index (χ1v) is 7.79. The van der Waals surface area contributed by atoms with Gasteiger partial charge >= 0.3 is 0 Å². The predicted octanol–water partition coefficient (Wildman–Crippen LogP) is 5.10. The fourth-order valence-electron chi connectivity index (χ4n) is 2.47. The number of anilines is 2. The number of benzene rings is 2. The third-order valence-corrected chi connectivity index (χ3v) is 3.77. The van der Waals surface area contributed by atoms with E-state index >= 15 is 0 Å². The third kappa shape index (κ3) is 4.52. The molecule has 0 radical (unpaired) electrons. The van der Waals surface area contributed by atoms with Crippen LogP contribution in [0.25, 0.3) is 0 Å². The Labute approximate surface area is 128 Å². The number of rotatable bonds is 7. The average molecular weight is 282 g/mol. The zero-order chi connectivity index (χ0) is 15.1. The summed E-state index contributed by atoms with van der Waals surface area (Å²) in [6.45, 7) is 2.24. The Morgan fingerprint density at radius 1 is 0.952 bits per heavy atom. The molecule has 0 fully saturated rings. The van der Waals surface area contributed by atoms with Gasteiger partial charge < -0.3 is 10.2 Å². The van der Waals surface area contributed by atoms with Gasteiger partial charge in [-0.3, -0.25) is 0 Å². The van der Waals surface area contributed by atoms with Crippen LogP contribution in [0.5, 0.6) is 0 Å². The normalized spacial score (nSPS) is 12.0. The second-order valence-electron chi connectivity index (χ2n) is 5.69. The lowest BCUT2D eigenvalue weighted by atomic mass is 10.0. The van der Waals surface area contributed by atoms with Gasteiger partial charge in [0.2, 0.25) is 0 Å². The van der Waals surface area contributed by atoms with Gasteiger partial charge in [-0.05, 0) is 36.2 Å². The van der Waals surface area contributed by atoms with Crippen molar-refractivity contribution in [3.63, 3.8) is 0 Å². The van der Waals surface area contributed by atoms with Crippen LogP contribution in [-0.2, 0) is 0 Å². The first-order chi connectivity index (χ1) is 10.2. The molecule has 0 bridgehead atoms. The van der Waals surface area contributed by atoms with Crippen LogP contribution in [-0.4, -0.2) is 14.1 Å². The predicted molar refractivity (Wildman–Crippen MR) is 93.1 cm³/mol. The van der Waals surface area contributed by atoms with Crippen molar-refractivity contribution in [2.45, 2.75) is 32.2 Å². The van der Waals surface area contributed by atoms with E-state index in [2.05, 4.69) is 85.8 Å². The Morgan fingerprint density at radius 2 is 1.62 bits per heavy atom. The summed E-state index contributed by atoms with van der Waals surface area (Å²) >= 11 is 0. The standard InChI is InChI=1S/C19H26N2/c1-4-5-11-19(16-9-7-6-8-10-16)20-17-12-14-18(15-13-17)21(2)3/h6-10,12-15,19-20H,4-5,11H2,1-3H3. The maximum atomic E-state index is 3.68. The van der Waals surface area contributed by atoms with Crippen molar-refractivity contribution in [1.82, 2.24) is 0 Å². The summed E-state index contributed by atoms with van der Waals surface area (Å²) in [5.41, 5.74) is 3.78. The molecule has 2 nitrogen and oxygen atoms in total. The van der Waals surface area contributed by atoms with E-state index < -0.39 is 0 Å². The third-order valence-electron chi connectivity index (χ3n) is 3.77. The van der Waals surface area contributed by atoms with Crippen LogP contribution in [0, 0.1) is 0 Å². The van der Waals surface area contributed by atoms with E-state index in [1.807, 2.05) is 0 Å². The Hall–Kier alpha value is -1.96. The van der Waals surface area contributed by atoms with Gasteiger partial charge in [0, 0.05) is 25.5 Å². The fraction of sp³-hybridized carbons (Fsp3) is 0.368. The summed E-state index contributed by atoms with van der Waals surface area (Å²) in [5, 5.41) is 3.68. The Kier molecular flexibility index (Phi) is 5.68. The number of nitrogens with one attached hydrogen (secondary N) is 1. The highest BCUT2D eigenvalue weighted by atomic mass is 15.1. The number of unbranched alkanes of at least 4 members (excludes halogenated alkanes) is 1. The lowest BCUT2D eigenvalue weighted by Gasteiger charge is -2.21. The quantitative estimate of drug-likeness (QED) is 0.760. The van der Waals surface area contributed by atoms with Crippen LogP contribution < -0.4 is 10.2 Å². The summed E-state index contributed by atoms with van der Waals surface area (Å²) in [6.07, 6.45) is 3.63. The maximum Gasteiger partial charge on any atom is 0.0513 e. The summed E-state index contributed by atoms with van der Waals surface area (Å²) < 4.78 is 0. The van der Waals surface area contributed by atoms with Crippen LogP contribution in [0.1, 0.15) is 37.8 Å². The molecule has 0 heterocycles. The number of hydrogen-bond acceptors (Lipinski definition) is 2. The van der Waals surface area contributed by atoms with Gasteiger partial charge in [0.15, 0.2) is 0 Å². The number of hydrogen-bond donors (Lipinski definition) is 1. The van der Waals surface area contributed by atoms with Crippen molar-refractivity contribution in [3.8, 4) is 0 Å². The second-order valence-corrected chi connectivity index (χ2v) is 5.69. The first kappa shape index (κ1) is 15.4. The Balaban J connectivity index is 2.11. The molecular formula is C19H26N2. The molecule has 2 heteroatoms. The summed E-state index contributed by atoms with van der Waals surface area (Å²) in [4.78, 5) is 2.12. The molecule has 0 aromatic heterocycles. The first-order valence-electron chi connectivity index (χ1n) is 7.79. The zero-order valence-electron chi connectivity index (χ0n) is 13.3. The van der Waals surface area contributed by atoms with Gasteiger partial charge in [0.05, 0.1) is 6.04 Å². The smallest absolute Gasteiger partial charge is 0.0513 e. The molecule has 0 amide bonds. The van der Waals surface area contributed by atoms with Crippen LogP contribution in [0.2, 0.25) is 0 Å². The van der Waals surface area contributed by atoms with Crippen molar-refractivity contribution >= 4 is 11.4 Å². The monoisotopic (exact) mass is 282 g/mol. The molecule has 1 N–H and O–H groups in total. The minimum Gasteiger partial charge on any atom is -0.378 e. The molecule has 1 atom stereocenters. The largest absolute Gasteiger partial charge is 0.378 e. The molecule has 2 aromatic carbocycles. The van der Waals surface area contributed by atoms with Crippen molar-refractivity contribution in [2.75, 3.05) is 24.3 Å². The molecule has 0 aliphatic rings. The molecule has 0 aliphatic heterocycles. The van der Waals surface area contributed by atoms with Crippen molar-refractivity contribution in [3.05, 3.63) is 60.2 Å². The summed E-state index contributed by atoms with van der Waals surface area (Å²) in [6, 6.07) is 19.8. The molecule has 1 unspecified atom stereocenters. The van der Waals surface area contributed by atoms with Crippen molar-refractivity contribution < 1.29 is 0 Å². The summed E-state index contributed by atoms with van der Waals surface area (Å²) in [5.74, 6) is 0. The van der Waals surface area contributed by atoms with E-state index in [1.165, 1.54) is 29.8 Å². The van der Waals surface area contributed by atoms with Crippen LogP contribution in [0.15, 0.2) is 54.6 Å². The molecule has 21 heavy (non-hydrogen) atoms. The molecule has 0 saturated heterocycles. The average Bonchev–Trinajstić information content (AvgIpc) is 2.52. The molecule has 2 rings (SSSR count). The van der Waals surface area contributed by atoms with Gasteiger partial charge in [-0.1, -0.05) is 50.1 Å². The maximum absolute atomic E-state index is 3.68. The second kappa shape index (κ2) is 7.72. The van der Waals surface area contributed by atoms with Crippen LogP contribution >= 0.6 is 0 Å². The lowest BCUT2D eigenvalue weighted by molar-refractivity contribution is 0.634. The Bertz CT molecular complexity index is 517. The highest BCUT2D eigenvalue weighted by Gasteiger charge is 2.10. The van der Waals surface area contributed by atoms with Crippen LogP contribution in [0.4, 0.5) is 11.4 Å². The van der Waals surface area contributed by atoms with Crippen LogP contribution in [0.3, 0.4) is 0 Å². The summed E-state index contributed by atoms with van der Waals surface area (Å²) in [7, 11) is 4.13. The van der Waals surface area contributed by atoms with E-state index in [1.54, 1.807) is 0 Å². The zero-order valence-corrected chi connectivity index (χ0v) is 13.3. The van der Waals surface area contributed by atoms with Gasteiger partial charge in [0.1, 0.15) is 0 Å². The minimum absolute atomic E-state index is 0.386. The van der Waals surface area contributed by atoms with Gasteiger partial charge in [-0.25, -0.2) is 0 Å². The fourth-order valence-corrected chi connectivity index (χ4v) is 2.47. The van der Waals surface area contributed by atoms with E-state index in [0.29, 0.717) is 6.04 Å². The molecule has 0 aliphatic carbocycles. The van der Waals surface area contributed by atoms with E-state index in [0.717, 1.165) is 6.42 Å². The molecule has 0 spiro atoms. The highest BCUT2D eigenvalue weighted by molar-refractivity contribution is 5.55. The van der Waals surface area contributed by atoms with Gasteiger partial charge in [-0.2, -0.15) is 0 Å². The number of nitrogens with zero attached hydrogens (tertiary/aromatic N) is 1. The molecule has 0 saturated carbocycles. The molecule has 2 aromatic rings. The lowest BCUT2D eigenvalue weighted by Crippen LogP contribution is -2.11. The van der Waals surface area contributed by atoms with Crippen molar-refractivity contribution in [2.24, 2.45) is 0 Å². The SMILES string of the molecule is CCCCC(Nc1ccc(N(C)C)cc1)c1ccccc1. The topological polar surface area (TPSA) is 15.3 Å². The Morgan fingerprint density at radius 3 is 2.19 bits per heavy atom. The van der Waals surface area contributed by atoms with E-state index in [4.69, 9.17) is 0 Å². The molecule has 112 valence electrons. The van der Waals surface area contributed by atoms with E-state index in [9.17, 15) is 0 Å². The van der Waals surface area contributed by atoms with Gasteiger partial charge in [0.25, 0.3) is 0 Å². The minimum atomic E-state index is 0.386. The molecular weight excluding hydrogens is 256 g/mol. The van der Waals surface area contributed by atoms with Crippen molar-refractivity contribution in [1.29, 1.82) is 0 Å².